The second-order valence-electron chi connectivity index (χ2n) is 5.60. The molecule has 0 bridgehead atoms. The highest BCUT2D eigenvalue weighted by Gasteiger charge is 2.14. The molecule has 2 aromatic heterocycles. The highest BCUT2D eigenvalue weighted by atomic mass is 16.5. The molecule has 3 aromatic rings. The number of esters is 2. The molecule has 0 aliphatic carbocycles. The van der Waals surface area contributed by atoms with E-state index in [1.165, 1.54) is 48.9 Å². The molecule has 2 heterocycles. The van der Waals surface area contributed by atoms with Crippen molar-refractivity contribution in [2.75, 3.05) is 23.8 Å². The fraction of sp³-hybridized carbons (Fsp3) is 0.111. The molecule has 0 aliphatic heterocycles. The fourth-order valence-electron chi connectivity index (χ4n) is 2.08. The van der Waals surface area contributed by atoms with Crippen LogP contribution in [0.4, 0.5) is 11.6 Å². The van der Waals surface area contributed by atoms with E-state index in [0.29, 0.717) is 0 Å². The Morgan fingerprint density at radius 2 is 1.10 bits per heavy atom. The van der Waals surface area contributed by atoms with Crippen molar-refractivity contribution >= 4 is 35.4 Å². The molecule has 30 heavy (non-hydrogen) atoms. The Balaban J connectivity index is 1.43. The number of nitrogens with zero attached hydrogens (tertiary/aromatic N) is 2. The SMILES string of the molecule is O=C(COC(=O)c1ccc(C(=O)OCC(=O)Nc2ccon2)cc1)Nc1ccon1. The first kappa shape index (κ1) is 20.3. The third kappa shape index (κ3) is 5.76. The molecule has 0 fully saturated rings. The van der Waals surface area contributed by atoms with Gasteiger partial charge in [0.15, 0.2) is 24.8 Å². The predicted molar refractivity (Wildman–Crippen MR) is 97.3 cm³/mol. The van der Waals surface area contributed by atoms with Crippen molar-refractivity contribution < 1.29 is 37.7 Å². The summed E-state index contributed by atoms with van der Waals surface area (Å²) in [6.07, 6.45) is 2.55. The fourth-order valence-corrected chi connectivity index (χ4v) is 2.08. The average molecular weight is 414 g/mol. The van der Waals surface area contributed by atoms with Gasteiger partial charge < -0.3 is 29.2 Å². The molecule has 2 N–H and O–H groups in total. The minimum atomic E-state index is -0.766. The van der Waals surface area contributed by atoms with Crippen molar-refractivity contribution in [2.24, 2.45) is 0 Å². The molecule has 12 nitrogen and oxygen atoms in total. The average Bonchev–Trinajstić information content (AvgIpc) is 3.44. The Morgan fingerprint density at radius 3 is 1.43 bits per heavy atom. The molecule has 0 unspecified atom stereocenters. The maximum Gasteiger partial charge on any atom is 0.338 e. The quantitative estimate of drug-likeness (QED) is 0.513. The third-order valence-corrected chi connectivity index (χ3v) is 3.44. The van der Waals surface area contributed by atoms with Gasteiger partial charge in [0, 0.05) is 12.1 Å². The summed E-state index contributed by atoms with van der Waals surface area (Å²) >= 11 is 0. The molecule has 0 saturated carbocycles. The Bertz CT molecular complexity index is 930. The lowest BCUT2D eigenvalue weighted by atomic mass is 10.1. The topological polar surface area (TPSA) is 163 Å². The number of amides is 2. The van der Waals surface area contributed by atoms with E-state index in [9.17, 15) is 19.2 Å². The summed E-state index contributed by atoms with van der Waals surface area (Å²) in [5.74, 6) is -2.35. The second kappa shape index (κ2) is 9.64. The lowest BCUT2D eigenvalue weighted by Gasteiger charge is -2.06. The zero-order valence-electron chi connectivity index (χ0n) is 15.2. The summed E-state index contributed by atoms with van der Waals surface area (Å²) in [6.45, 7) is -1.06. The number of anilines is 2. The maximum absolute atomic E-state index is 12.0. The van der Waals surface area contributed by atoms with Crippen molar-refractivity contribution in [1.82, 2.24) is 10.3 Å². The second-order valence-corrected chi connectivity index (χ2v) is 5.60. The Labute approximate surface area is 168 Å². The number of aromatic nitrogens is 2. The molecule has 0 radical (unpaired) electrons. The van der Waals surface area contributed by atoms with E-state index < -0.39 is 37.0 Å². The van der Waals surface area contributed by atoms with Crippen molar-refractivity contribution in [3.8, 4) is 0 Å². The number of carbonyl (C=O) groups excluding carboxylic acids is 4. The van der Waals surface area contributed by atoms with Gasteiger partial charge in [-0.05, 0) is 24.3 Å². The Hall–Kier alpha value is -4.48. The van der Waals surface area contributed by atoms with Gasteiger partial charge in [0.2, 0.25) is 0 Å². The smallest absolute Gasteiger partial charge is 0.338 e. The summed E-state index contributed by atoms with van der Waals surface area (Å²) in [4.78, 5) is 47.2. The first-order valence-electron chi connectivity index (χ1n) is 8.36. The van der Waals surface area contributed by atoms with Gasteiger partial charge in [-0.25, -0.2) is 9.59 Å². The number of benzene rings is 1. The summed E-state index contributed by atoms with van der Waals surface area (Å²) in [6, 6.07) is 8.15. The van der Waals surface area contributed by atoms with Gasteiger partial charge in [-0.1, -0.05) is 10.3 Å². The van der Waals surface area contributed by atoms with Crippen LogP contribution < -0.4 is 10.6 Å². The molecule has 0 aliphatic rings. The van der Waals surface area contributed by atoms with E-state index in [1.54, 1.807) is 0 Å². The van der Waals surface area contributed by atoms with Crippen LogP contribution in [0.3, 0.4) is 0 Å². The monoisotopic (exact) mass is 414 g/mol. The molecule has 0 spiro atoms. The van der Waals surface area contributed by atoms with E-state index in [2.05, 4.69) is 30.0 Å². The lowest BCUT2D eigenvalue weighted by molar-refractivity contribution is -0.119. The highest BCUT2D eigenvalue weighted by Crippen LogP contribution is 2.08. The van der Waals surface area contributed by atoms with Gasteiger partial charge >= 0.3 is 11.9 Å². The number of carbonyl (C=O) groups is 4. The normalized spacial score (nSPS) is 10.1. The molecule has 3 rings (SSSR count). The van der Waals surface area contributed by atoms with E-state index in [1.807, 2.05) is 0 Å². The Kier molecular flexibility index (Phi) is 6.51. The summed E-state index contributed by atoms with van der Waals surface area (Å²) in [7, 11) is 0. The van der Waals surface area contributed by atoms with Gasteiger partial charge in [-0.2, -0.15) is 0 Å². The molecule has 1 aromatic carbocycles. The maximum atomic E-state index is 12.0. The Morgan fingerprint density at radius 1 is 0.700 bits per heavy atom. The highest BCUT2D eigenvalue weighted by molar-refractivity contribution is 5.97. The molecule has 154 valence electrons. The molecule has 0 saturated heterocycles. The molecular formula is C18H14N4O8. The summed E-state index contributed by atoms with van der Waals surface area (Å²) in [5, 5.41) is 11.7. The number of nitrogens with one attached hydrogen (secondary N) is 2. The predicted octanol–water partition coefficient (Wildman–Crippen LogP) is 1.25. The van der Waals surface area contributed by atoms with Crippen LogP contribution in [-0.2, 0) is 19.1 Å². The van der Waals surface area contributed by atoms with Crippen LogP contribution >= 0.6 is 0 Å². The lowest BCUT2D eigenvalue weighted by Crippen LogP contribution is -2.21. The van der Waals surface area contributed by atoms with Crippen molar-refractivity contribution in [3.63, 3.8) is 0 Å². The van der Waals surface area contributed by atoms with E-state index >= 15 is 0 Å². The van der Waals surface area contributed by atoms with E-state index in [-0.39, 0.29) is 22.8 Å². The zero-order chi connectivity index (χ0) is 21.3. The standard InChI is InChI=1S/C18H14N4O8/c23-15(19-13-5-7-29-21-13)9-27-17(25)11-1-2-12(4-3-11)18(26)28-10-16(24)20-14-6-8-30-22-14/h1-8H,9-10H2,(H,19,21,23)(H,20,22,24). The van der Waals surface area contributed by atoms with Crippen molar-refractivity contribution in [3.05, 3.63) is 60.1 Å². The van der Waals surface area contributed by atoms with E-state index in [4.69, 9.17) is 9.47 Å². The van der Waals surface area contributed by atoms with Crippen LogP contribution in [0.15, 0.2) is 58.0 Å². The van der Waals surface area contributed by atoms with Crippen LogP contribution in [0.1, 0.15) is 20.7 Å². The number of ether oxygens (including phenoxy) is 2. The zero-order valence-corrected chi connectivity index (χ0v) is 15.2. The molecular weight excluding hydrogens is 400 g/mol. The van der Waals surface area contributed by atoms with Gasteiger partial charge in [0.1, 0.15) is 12.5 Å². The van der Waals surface area contributed by atoms with Crippen LogP contribution in [0.5, 0.6) is 0 Å². The number of hydrogen-bond acceptors (Lipinski definition) is 10. The first-order valence-corrected chi connectivity index (χ1v) is 8.36. The molecule has 0 atom stereocenters. The number of rotatable bonds is 8. The largest absolute Gasteiger partial charge is 0.452 e. The van der Waals surface area contributed by atoms with Crippen LogP contribution in [0.2, 0.25) is 0 Å². The minimum absolute atomic E-state index is 0.115. The van der Waals surface area contributed by atoms with Gasteiger partial charge in [0.05, 0.1) is 11.1 Å². The molecule has 12 heteroatoms. The van der Waals surface area contributed by atoms with Crippen LogP contribution in [0, 0.1) is 0 Å². The summed E-state index contributed by atoms with van der Waals surface area (Å²) < 4.78 is 18.9. The van der Waals surface area contributed by atoms with Crippen LogP contribution in [-0.4, -0.2) is 47.3 Å². The summed E-state index contributed by atoms with van der Waals surface area (Å²) in [5.41, 5.74) is 0.231. The first-order chi connectivity index (χ1) is 14.5. The molecule has 2 amide bonds. The van der Waals surface area contributed by atoms with Gasteiger partial charge in [-0.3, -0.25) is 9.59 Å². The minimum Gasteiger partial charge on any atom is -0.452 e. The van der Waals surface area contributed by atoms with Gasteiger partial charge in [-0.15, -0.1) is 0 Å². The van der Waals surface area contributed by atoms with Gasteiger partial charge in [0.25, 0.3) is 11.8 Å². The van der Waals surface area contributed by atoms with Crippen LogP contribution in [0.25, 0.3) is 0 Å². The van der Waals surface area contributed by atoms with Crippen molar-refractivity contribution in [2.45, 2.75) is 0 Å². The third-order valence-electron chi connectivity index (χ3n) is 3.44. The number of hydrogen-bond donors (Lipinski definition) is 2. The van der Waals surface area contributed by atoms with Crippen molar-refractivity contribution in [1.29, 1.82) is 0 Å². The van der Waals surface area contributed by atoms with E-state index in [0.717, 1.165) is 0 Å².